The third kappa shape index (κ3) is 31.0. The summed E-state index contributed by atoms with van der Waals surface area (Å²) in [5, 5.41) is 19.0. The van der Waals surface area contributed by atoms with Crippen LogP contribution in [0.4, 0.5) is 5.69 Å². The number of imide groups is 1. The zero-order valence-corrected chi connectivity index (χ0v) is 50.2. The van der Waals surface area contributed by atoms with Crippen LogP contribution in [0.25, 0.3) is 0 Å². The van der Waals surface area contributed by atoms with Crippen LogP contribution in [0.5, 0.6) is 0 Å². The Hall–Kier alpha value is -5.84. The molecule has 1 aliphatic rings. The van der Waals surface area contributed by atoms with E-state index in [4.69, 9.17) is 47.4 Å². The number of ketones is 1. The highest BCUT2D eigenvalue weighted by Gasteiger charge is 2.44. The van der Waals surface area contributed by atoms with Crippen molar-refractivity contribution in [1.82, 2.24) is 35.8 Å². The maximum Gasteiger partial charge on any atom is 0.311 e. The van der Waals surface area contributed by atoms with E-state index in [1.165, 1.54) is 4.90 Å². The van der Waals surface area contributed by atoms with Crippen LogP contribution in [-0.4, -0.2) is 205 Å². The Bertz CT molecular complexity index is 2270. The van der Waals surface area contributed by atoms with Crippen molar-refractivity contribution < 1.29 is 85.7 Å². The maximum absolute atomic E-state index is 13.2. The zero-order chi connectivity index (χ0) is 61.0. The zero-order valence-electron chi connectivity index (χ0n) is 50.2. The van der Waals surface area contributed by atoms with Crippen LogP contribution in [0.2, 0.25) is 0 Å². The first-order chi connectivity index (χ1) is 39.5. The van der Waals surface area contributed by atoms with E-state index < -0.39 is 35.8 Å². The van der Waals surface area contributed by atoms with Gasteiger partial charge in [0.15, 0.2) is 5.78 Å². The van der Waals surface area contributed by atoms with Gasteiger partial charge in [-0.2, -0.15) is 0 Å². The maximum atomic E-state index is 13.2. The van der Waals surface area contributed by atoms with Gasteiger partial charge in [0.1, 0.15) is 25.5 Å². The van der Waals surface area contributed by atoms with E-state index in [2.05, 4.69) is 31.6 Å². The van der Waals surface area contributed by atoms with Gasteiger partial charge in [0, 0.05) is 44.0 Å². The summed E-state index contributed by atoms with van der Waals surface area (Å²) in [7, 11) is 0. The fourth-order valence-corrected chi connectivity index (χ4v) is 7.63. The van der Waals surface area contributed by atoms with Crippen LogP contribution in [0, 0.1) is 28.6 Å². The lowest BCUT2D eigenvalue weighted by atomic mass is 9.80. The molecule has 1 aliphatic heterocycles. The van der Waals surface area contributed by atoms with Crippen LogP contribution in [0.3, 0.4) is 0 Å². The van der Waals surface area contributed by atoms with E-state index in [-0.39, 0.29) is 111 Å². The summed E-state index contributed by atoms with van der Waals surface area (Å²) >= 11 is 0. The number of nitrogens with zero attached hydrogens (tertiary/aromatic N) is 4. The Morgan fingerprint density at radius 2 is 1.16 bits per heavy atom. The van der Waals surface area contributed by atoms with E-state index in [0.29, 0.717) is 117 Å². The van der Waals surface area contributed by atoms with Crippen LogP contribution >= 0.6 is 0 Å². The van der Waals surface area contributed by atoms with Crippen LogP contribution in [0.1, 0.15) is 92.8 Å². The van der Waals surface area contributed by atoms with Gasteiger partial charge in [-0.1, -0.05) is 58.9 Å². The summed E-state index contributed by atoms with van der Waals surface area (Å²) in [6, 6.07) is 6.00. The van der Waals surface area contributed by atoms with E-state index >= 15 is 0 Å². The predicted octanol–water partition coefficient (Wildman–Crippen LogP) is 2.44. The molecule has 26 nitrogen and oxygen atoms in total. The van der Waals surface area contributed by atoms with Crippen molar-refractivity contribution in [1.29, 1.82) is 0 Å². The summed E-state index contributed by atoms with van der Waals surface area (Å²) in [5.74, 6) is -4.06. The molecular weight excluding hydrogens is 1080 g/mol. The Labute approximate surface area is 488 Å². The molecule has 0 radical (unpaired) electrons. The summed E-state index contributed by atoms with van der Waals surface area (Å²) in [6.45, 7) is 22.8. The fourth-order valence-electron chi connectivity index (χ4n) is 7.63. The molecule has 26 heteroatoms. The number of benzene rings is 1. The topological polar surface area (TPSA) is 311 Å². The van der Waals surface area contributed by atoms with Gasteiger partial charge in [-0.05, 0) is 49.8 Å². The van der Waals surface area contributed by atoms with Gasteiger partial charge in [-0.3, -0.25) is 43.3 Å². The van der Waals surface area contributed by atoms with Crippen molar-refractivity contribution in [3.05, 3.63) is 41.7 Å². The van der Waals surface area contributed by atoms with Crippen molar-refractivity contribution in [3.63, 3.8) is 0 Å². The highest BCUT2D eigenvalue weighted by Crippen LogP contribution is 2.35. The Balaban J connectivity index is 1.03. The van der Waals surface area contributed by atoms with E-state index in [0.717, 1.165) is 5.56 Å². The molecule has 2 heterocycles. The molecule has 3 rings (SSSR count). The number of esters is 1. The number of hydrogen-bond acceptors (Lipinski definition) is 20. The minimum absolute atomic E-state index is 0.0208. The third-order valence-corrected chi connectivity index (χ3v) is 12.5. The number of hydrogen-bond donors (Lipinski definition) is 4. The SMILES string of the molecule is CC(C)[C@@H](NC(=O)COCC(=O)NCCOCCOCCOCCOCCOCCOCCOCCOCCn1cc(CNC(=O)CCN2C(=O)CC(C(C)(C)C)C2=O)nn1)C(=O)C[C@H](C)C(=O)Nc1ccc(COC(=O)C(C)(C)C)cc1. The lowest BCUT2D eigenvalue weighted by Crippen LogP contribution is -2.46. The number of nitrogens with one attached hydrogen (secondary N) is 4. The number of amides is 6. The molecule has 3 atom stereocenters. The molecule has 83 heavy (non-hydrogen) atoms. The van der Waals surface area contributed by atoms with Crippen molar-refractivity contribution in [3.8, 4) is 0 Å². The molecule has 1 aromatic heterocycles. The number of carbonyl (C=O) groups excluding carboxylic acids is 8. The van der Waals surface area contributed by atoms with E-state index in [1.807, 2.05) is 20.8 Å². The molecule has 1 aromatic carbocycles. The largest absolute Gasteiger partial charge is 0.460 e. The quantitative estimate of drug-likeness (QED) is 0.0420. The van der Waals surface area contributed by atoms with Gasteiger partial charge in [-0.15, -0.1) is 5.10 Å². The first kappa shape index (κ1) is 71.4. The highest BCUT2D eigenvalue weighted by atomic mass is 16.6. The van der Waals surface area contributed by atoms with Crippen molar-refractivity contribution >= 4 is 52.9 Å². The molecule has 468 valence electrons. The smallest absolute Gasteiger partial charge is 0.311 e. The number of likely N-dealkylation sites (tertiary alicyclic amines) is 1. The van der Waals surface area contributed by atoms with Gasteiger partial charge >= 0.3 is 5.97 Å². The summed E-state index contributed by atoms with van der Waals surface area (Å²) in [6.07, 6.45) is 1.81. The second kappa shape index (κ2) is 39.7. The van der Waals surface area contributed by atoms with Gasteiger partial charge in [-0.25, -0.2) is 4.68 Å². The molecule has 2 aromatic rings. The average Bonchev–Trinajstić information content (AvgIpc) is 3.70. The number of Topliss-reactive ketones (excluding diaryl/α,β-unsaturated/α-hetero) is 1. The number of anilines is 1. The average molecular weight is 1180 g/mol. The Morgan fingerprint density at radius 1 is 0.639 bits per heavy atom. The monoisotopic (exact) mass is 1180 g/mol. The second-order valence-corrected chi connectivity index (χ2v) is 22.1. The number of ether oxygens (including phenoxy) is 10. The van der Waals surface area contributed by atoms with Gasteiger partial charge in [0.05, 0.1) is 142 Å². The Kier molecular flexibility index (Phi) is 34.1. The first-order valence-corrected chi connectivity index (χ1v) is 28.4. The molecular formula is C57H92N8O18. The molecule has 0 bridgehead atoms. The van der Waals surface area contributed by atoms with Crippen LogP contribution < -0.4 is 21.3 Å². The predicted molar refractivity (Wildman–Crippen MR) is 301 cm³/mol. The standard InChI is InChI=1S/C57H92N8O18/c1-41(2)52(47(66)34-42(3)53(71)60-44-12-10-43(11-13-44)38-83-55(73)57(7,8)9)61-50(69)40-82-39-49(68)58-15-18-74-20-22-76-24-26-78-28-30-80-32-33-81-31-29-79-27-25-77-23-21-75-19-17-64-37-45(62-63-64)36-59-48(67)14-16-65-51(70)35-46(54(65)72)56(4,5)6/h10-13,37,41-42,46,52H,14-36,38-40H2,1-9H3,(H,58,68)(H,59,67)(H,60,71)(H,61,69)/t42-,46?,52+/m0/s1. The normalized spacial score (nSPS) is 14.4. The molecule has 6 amide bonds. The van der Waals surface area contributed by atoms with Crippen molar-refractivity contribution in [2.75, 3.05) is 137 Å². The summed E-state index contributed by atoms with van der Waals surface area (Å²) < 4.78 is 56.4. The molecule has 0 aliphatic carbocycles. The highest BCUT2D eigenvalue weighted by molar-refractivity contribution is 6.04. The van der Waals surface area contributed by atoms with E-state index in [9.17, 15) is 38.4 Å². The second-order valence-electron chi connectivity index (χ2n) is 22.1. The summed E-state index contributed by atoms with van der Waals surface area (Å²) in [4.78, 5) is 101. The van der Waals surface area contributed by atoms with Crippen LogP contribution in [0.15, 0.2) is 30.5 Å². The molecule has 0 spiro atoms. The first-order valence-electron chi connectivity index (χ1n) is 28.4. The van der Waals surface area contributed by atoms with Crippen molar-refractivity contribution in [2.24, 2.45) is 28.6 Å². The minimum Gasteiger partial charge on any atom is -0.460 e. The number of rotatable bonds is 45. The minimum atomic E-state index is -0.858. The van der Waals surface area contributed by atoms with Crippen molar-refractivity contribution in [2.45, 2.75) is 107 Å². The molecule has 4 N–H and O–H groups in total. The third-order valence-electron chi connectivity index (χ3n) is 12.5. The molecule has 1 unspecified atom stereocenters. The lowest BCUT2D eigenvalue weighted by Gasteiger charge is -2.24. The molecule has 1 fully saturated rings. The number of carbonyl (C=O) groups is 8. The Morgan fingerprint density at radius 3 is 1.66 bits per heavy atom. The number of aromatic nitrogens is 3. The fraction of sp³-hybridized carbons (Fsp3) is 0.719. The lowest BCUT2D eigenvalue weighted by molar-refractivity contribution is -0.154. The van der Waals surface area contributed by atoms with Gasteiger partial charge in [0.2, 0.25) is 35.4 Å². The molecule has 0 saturated carbocycles. The van der Waals surface area contributed by atoms with Gasteiger partial charge in [0.25, 0.3) is 0 Å². The molecule has 1 saturated heterocycles. The van der Waals surface area contributed by atoms with E-state index in [1.54, 1.807) is 76.7 Å². The summed E-state index contributed by atoms with van der Waals surface area (Å²) in [5.41, 5.74) is 0.927. The van der Waals surface area contributed by atoms with Gasteiger partial charge < -0.3 is 68.6 Å². The van der Waals surface area contributed by atoms with Crippen LogP contribution in [-0.2, 0) is 105 Å².